The van der Waals surface area contributed by atoms with Crippen LogP contribution in [0.1, 0.15) is 11.3 Å². The van der Waals surface area contributed by atoms with Crippen molar-refractivity contribution in [1.82, 2.24) is 14.4 Å². The molecule has 0 aliphatic rings. The van der Waals surface area contributed by atoms with Gasteiger partial charge in [-0.1, -0.05) is 29.8 Å². The minimum Gasteiger partial charge on any atom is -0.291 e. The number of aryl methyl sites for hydroxylation is 1. The molecule has 24 heavy (non-hydrogen) atoms. The molecule has 0 saturated heterocycles. The Morgan fingerprint density at radius 1 is 1.00 bits per heavy atom. The second-order valence-corrected chi connectivity index (χ2v) is 5.67. The molecule has 4 aromatic rings. The Balaban J connectivity index is 1.93. The fraction of sp³-hybridized carbons (Fsp3) is 0.0500. The van der Waals surface area contributed by atoms with Crippen molar-refractivity contribution in [2.24, 2.45) is 0 Å². The van der Waals surface area contributed by atoms with Crippen LogP contribution in [0.2, 0.25) is 0 Å². The van der Waals surface area contributed by atoms with Crippen molar-refractivity contribution >= 4 is 5.65 Å². The van der Waals surface area contributed by atoms with E-state index in [1.165, 1.54) is 5.56 Å². The summed E-state index contributed by atoms with van der Waals surface area (Å²) in [5, 5.41) is 9.23. The summed E-state index contributed by atoms with van der Waals surface area (Å²) in [4.78, 5) is 8.83. The van der Waals surface area contributed by atoms with Crippen LogP contribution in [0.5, 0.6) is 0 Å². The maximum Gasteiger partial charge on any atom is 0.144 e. The Labute approximate surface area is 139 Å². The number of hydrogen-bond donors (Lipinski definition) is 0. The summed E-state index contributed by atoms with van der Waals surface area (Å²) < 4.78 is 1.81. The highest BCUT2D eigenvalue weighted by molar-refractivity contribution is 5.81. The van der Waals surface area contributed by atoms with Crippen LogP contribution in [0, 0.1) is 18.3 Å². The third kappa shape index (κ3) is 2.33. The molecule has 0 bridgehead atoms. The molecule has 0 aliphatic heterocycles. The summed E-state index contributed by atoms with van der Waals surface area (Å²) >= 11 is 0. The number of benzene rings is 1. The molecule has 0 unspecified atom stereocenters. The highest BCUT2D eigenvalue weighted by Crippen LogP contribution is 2.30. The third-order valence-electron chi connectivity index (χ3n) is 4.03. The summed E-state index contributed by atoms with van der Waals surface area (Å²) in [6.07, 6.45) is 5.33. The lowest BCUT2D eigenvalue weighted by atomic mass is 9.99. The van der Waals surface area contributed by atoms with Crippen molar-refractivity contribution < 1.29 is 0 Å². The van der Waals surface area contributed by atoms with E-state index in [4.69, 9.17) is 0 Å². The first-order chi connectivity index (χ1) is 11.8. The average Bonchev–Trinajstić information content (AvgIpc) is 3.04. The van der Waals surface area contributed by atoms with E-state index in [1.807, 2.05) is 34.9 Å². The number of hydrogen-bond acceptors (Lipinski definition) is 3. The van der Waals surface area contributed by atoms with E-state index in [2.05, 4.69) is 47.2 Å². The van der Waals surface area contributed by atoms with Gasteiger partial charge in [0.2, 0.25) is 0 Å². The zero-order chi connectivity index (χ0) is 16.5. The predicted octanol–water partition coefficient (Wildman–Crippen LogP) is 4.24. The number of aromatic nitrogens is 3. The number of rotatable bonds is 2. The van der Waals surface area contributed by atoms with Gasteiger partial charge in [-0.15, -0.1) is 0 Å². The molecule has 0 fully saturated rings. The monoisotopic (exact) mass is 310 g/mol. The highest BCUT2D eigenvalue weighted by atomic mass is 15.0. The van der Waals surface area contributed by atoms with E-state index < -0.39 is 0 Å². The summed E-state index contributed by atoms with van der Waals surface area (Å²) in [5.74, 6) is 0. The minimum atomic E-state index is 0.521. The molecule has 0 N–H and O–H groups in total. The molecule has 0 spiro atoms. The second-order valence-electron chi connectivity index (χ2n) is 5.67. The largest absolute Gasteiger partial charge is 0.291 e. The van der Waals surface area contributed by atoms with E-state index in [-0.39, 0.29) is 0 Å². The predicted molar refractivity (Wildman–Crippen MR) is 93.3 cm³/mol. The molecule has 0 saturated carbocycles. The summed E-state index contributed by atoms with van der Waals surface area (Å²) in [5.41, 5.74) is 6.52. The highest BCUT2D eigenvalue weighted by Gasteiger charge is 2.11. The van der Waals surface area contributed by atoms with Crippen LogP contribution in [0.25, 0.3) is 28.0 Å². The standard InChI is InChI=1S/C20H14N4/c1-14-4-2-5-15(10-14)20-18(6-3-9-22-20)16-7-8-19-23-12-17(11-21)24(19)13-16/h2-10,12-13H,1H3. The lowest BCUT2D eigenvalue weighted by molar-refractivity contribution is 1.15. The average molecular weight is 310 g/mol. The molecule has 114 valence electrons. The number of fused-ring (bicyclic) bond motifs is 1. The lowest BCUT2D eigenvalue weighted by Crippen LogP contribution is -1.93. The molecular weight excluding hydrogens is 296 g/mol. The summed E-state index contributed by atoms with van der Waals surface area (Å²) in [6, 6.07) is 18.4. The van der Waals surface area contributed by atoms with Crippen molar-refractivity contribution in [2.45, 2.75) is 6.92 Å². The molecule has 0 aliphatic carbocycles. The Hall–Kier alpha value is -3.45. The third-order valence-corrected chi connectivity index (χ3v) is 4.03. The van der Waals surface area contributed by atoms with Gasteiger partial charge in [0, 0.05) is 29.1 Å². The van der Waals surface area contributed by atoms with Crippen LogP contribution in [0.4, 0.5) is 0 Å². The zero-order valence-electron chi connectivity index (χ0n) is 13.1. The Bertz CT molecular complexity index is 1090. The van der Waals surface area contributed by atoms with Crippen molar-refractivity contribution in [2.75, 3.05) is 0 Å². The van der Waals surface area contributed by atoms with Crippen molar-refractivity contribution in [3.8, 4) is 28.5 Å². The van der Waals surface area contributed by atoms with Crippen LogP contribution < -0.4 is 0 Å². The summed E-state index contributed by atoms with van der Waals surface area (Å²) in [7, 11) is 0. The topological polar surface area (TPSA) is 54.0 Å². The second kappa shape index (κ2) is 5.64. The van der Waals surface area contributed by atoms with Crippen LogP contribution in [-0.2, 0) is 0 Å². The zero-order valence-corrected chi connectivity index (χ0v) is 13.1. The Morgan fingerprint density at radius 2 is 1.92 bits per heavy atom. The molecular formula is C20H14N4. The molecule has 1 aromatic carbocycles. The number of nitriles is 1. The molecule has 0 radical (unpaired) electrons. The molecule has 4 nitrogen and oxygen atoms in total. The molecule has 3 heterocycles. The smallest absolute Gasteiger partial charge is 0.144 e. The first-order valence-electron chi connectivity index (χ1n) is 7.66. The van der Waals surface area contributed by atoms with Gasteiger partial charge in [-0.2, -0.15) is 5.26 Å². The van der Waals surface area contributed by atoms with Gasteiger partial charge in [-0.25, -0.2) is 4.98 Å². The Kier molecular flexibility index (Phi) is 3.33. The van der Waals surface area contributed by atoms with E-state index in [0.29, 0.717) is 5.69 Å². The number of pyridine rings is 2. The molecule has 4 rings (SSSR count). The maximum absolute atomic E-state index is 9.23. The van der Waals surface area contributed by atoms with Gasteiger partial charge < -0.3 is 0 Å². The van der Waals surface area contributed by atoms with Gasteiger partial charge in [-0.05, 0) is 31.2 Å². The first kappa shape index (κ1) is 14.2. The first-order valence-corrected chi connectivity index (χ1v) is 7.66. The van der Waals surface area contributed by atoms with E-state index >= 15 is 0 Å². The van der Waals surface area contributed by atoms with Gasteiger partial charge in [0.15, 0.2) is 0 Å². The van der Waals surface area contributed by atoms with Crippen LogP contribution in [0.15, 0.2) is 67.1 Å². The quantitative estimate of drug-likeness (QED) is 0.556. The van der Waals surface area contributed by atoms with E-state index in [9.17, 15) is 5.26 Å². The van der Waals surface area contributed by atoms with Crippen LogP contribution in [-0.4, -0.2) is 14.4 Å². The molecule has 0 amide bonds. The summed E-state index contributed by atoms with van der Waals surface area (Å²) in [6.45, 7) is 2.07. The van der Waals surface area contributed by atoms with Gasteiger partial charge >= 0.3 is 0 Å². The van der Waals surface area contributed by atoms with Gasteiger partial charge in [0.05, 0.1) is 11.9 Å². The van der Waals surface area contributed by atoms with E-state index in [1.54, 1.807) is 12.4 Å². The Morgan fingerprint density at radius 3 is 2.75 bits per heavy atom. The molecule has 0 atom stereocenters. The van der Waals surface area contributed by atoms with E-state index in [0.717, 1.165) is 28.0 Å². The van der Waals surface area contributed by atoms with Crippen LogP contribution in [0.3, 0.4) is 0 Å². The molecule has 3 aromatic heterocycles. The minimum absolute atomic E-state index is 0.521. The maximum atomic E-state index is 9.23. The lowest BCUT2D eigenvalue weighted by Gasteiger charge is -2.10. The van der Waals surface area contributed by atoms with Crippen molar-refractivity contribution in [1.29, 1.82) is 5.26 Å². The number of nitrogens with zero attached hydrogens (tertiary/aromatic N) is 4. The van der Waals surface area contributed by atoms with Crippen molar-refractivity contribution in [3.63, 3.8) is 0 Å². The molecule has 4 heteroatoms. The fourth-order valence-electron chi connectivity index (χ4n) is 2.88. The fourth-order valence-corrected chi connectivity index (χ4v) is 2.88. The van der Waals surface area contributed by atoms with Crippen LogP contribution >= 0.6 is 0 Å². The SMILES string of the molecule is Cc1cccc(-c2ncccc2-c2ccc3ncc(C#N)n3c2)c1. The van der Waals surface area contributed by atoms with Gasteiger partial charge in [-0.3, -0.25) is 9.38 Å². The van der Waals surface area contributed by atoms with Gasteiger partial charge in [0.1, 0.15) is 17.4 Å². The van der Waals surface area contributed by atoms with Crippen molar-refractivity contribution in [3.05, 3.63) is 78.4 Å². The number of imidazole rings is 1. The normalized spacial score (nSPS) is 10.7. The van der Waals surface area contributed by atoms with Gasteiger partial charge in [0.25, 0.3) is 0 Å².